The normalized spacial score (nSPS) is 18.0. The molecule has 31 heavy (non-hydrogen) atoms. The number of halogens is 3. The Bertz CT molecular complexity index is 813. The van der Waals surface area contributed by atoms with Crippen LogP contribution in [0.25, 0.3) is 0 Å². The molecule has 1 aromatic heterocycles. The van der Waals surface area contributed by atoms with Crippen LogP contribution in [0.15, 0.2) is 18.3 Å². The van der Waals surface area contributed by atoms with Gasteiger partial charge in [-0.2, -0.15) is 18.4 Å². The fourth-order valence-electron chi connectivity index (χ4n) is 3.85. The molecule has 0 unspecified atom stereocenters. The van der Waals surface area contributed by atoms with Gasteiger partial charge >= 0.3 is 12.1 Å². The number of likely N-dealkylation sites (tertiary alicyclic amines) is 1. The summed E-state index contributed by atoms with van der Waals surface area (Å²) >= 11 is 0. The quantitative estimate of drug-likeness (QED) is 0.764. The van der Waals surface area contributed by atoms with Crippen molar-refractivity contribution in [3.8, 4) is 6.07 Å². The highest BCUT2D eigenvalue weighted by atomic mass is 19.4. The Kier molecular flexibility index (Phi) is 7.84. The number of amides is 1. The predicted octanol–water partition coefficient (Wildman–Crippen LogP) is 2.11. The van der Waals surface area contributed by atoms with Gasteiger partial charge in [0, 0.05) is 44.3 Å². The number of pyridine rings is 1. The first kappa shape index (κ1) is 24.4. The maximum Gasteiger partial charge on any atom is 0.490 e. The van der Waals surface area contributed by atoms with Gasteiger partial charge in [0.2, 0.25) is 5.91 Å². The molecule has 0 atom stereocenters. The van der Waals surface area contributed by atoms with E-state index in [1.807, 2.05) is 26.2 Å². The minimum absolute atomic E-state index is 0.0379. The van der Waals surface area contributed by atoms with E-state index in [0.717, 1.165) is 51.3 Å². The SMILES string of the molecule is CN(C)CCN1C(=O)CCC12CCN(c1ccc(C#N)cn1)CC2.O=C(O)C(F)(F)F. The summed E-state index contributed by atoms with van der Waals surface area (Å²) in [6.07, 6.45) is 0.195. The summed E-state index contributed by atoms with van der Waals surface area (Å²) in [6.45, 7) is 3.55. The largest absolute Gasteiger partial charge is 0.490 e. The third-order valence-corrected chi connectivity index (χ3v) is 5.59. The Labute approximate surface area is 178 Å². The molecule has 2 aliphatic heterocycles. The Morgan fingerprint density at radius 2 is 1.90 bits per heavy atom. The average molecular weight is 441 g/mol. The number of carboxylic acid groups (broad SMARTS) is 1. The predicted molar refractivity (Wildman–Crippen MR) is 106 cm³/mol. The number of nitrogens with zero attached hydrogens (tertiary/aromatic N) is 5. The van der Waals surface area contributed by atoms with E-state index < -0.39 is 12.1 Å². The van der Waals surface area contributed by atoms with Crippen LogP contribution >= 0.6 is 0 Å². The summed E-state index contributed by atoms with van der Waals surface area (Å²) in [6, 6.07) is 5.83. The van der Waals surface area contributed by atoms with E-state index in [1.165, 1.54) is 0 Å². The van der Waals surface area contributed by atoms with Crippen LogP contribution in [0, 0.1) is 11.3 Å². The van der Waals surface area contributed by atoms with Crippen molar-refractivity contribution in [3.63, 3.8) is 0 Å². The van der Waals surface area contributed by atoms with Gasteiger partial charge in [0.15, 0.2) is 0 Å². The Hall–Kier alpha value is -2.87. The van der Waals surface area contributed by atoms with Crippen LogP contribution in [0.1, 0.15) is 31.2 Å². The first-order valence-corrected chi connectivity index (χ1v) is 9.85. The molecule has 0 radical (unpaired) electrons. The molecule has 0 saturated carbocycles. The lowest BCUT2D eigenvalue weighted by Gasteiger charge is -2.45. The van der Waals surface area contributed by atoms with Crippen LogP contribution < -0.4 is 4.90 Å². The number of hydrogen-bond donors (Lipinski definition) is 1. The second-order valence-electron chi connectivity index (χ2n) is 7.88. The third kappa shape index (κ3) is 6.30. The molecule has 1 amide bonds. The van der Waals surface area contributed by atoms with Gasteiger partial charge in [-0.3, -0.25) is 4.79 Å². The molecule has 0 bridgehead atoms. The highest BCUT2D eigenvalue weighted by molar-refractivity contribution is 5.79. The molecule has 1 aromatic rings. The molecule has 3 heterocycles. The first-order chi connectivity index (χ1) is 14.5. The summed E-state index contributed by atoms with van der Waals surface area (Å²) in [5.41, 5.74) is 0.624. The van der Waals surface area contributed by atoms with Crippen molar-refractivity contribution in [2.24, 2.45) is 0 Å². The monoisotopic (exact) mass is 441 g/mol. The van der Waals surface area contributed by atoms with Gasteiger partial charge in [0.05, 0.1) is 5.56 Å². The van der Waals surface area contributed by atoms with Crippen LogP contribution in [0.5, 0.6) is 0 Å². The van der Waals surface area contributed by atoms with Crippen LogP contribution in [0.4, 0.5) is 19.0 Å². The summed E-state index contributed by atoms with van der Waals surface area (Å²) in [5.74, 6) is -1.53. The number of alkyl halides is 3. The molecule has 0 aliphatic carbocycles. The van der Waals surface area contributed by atoms with Crippen molar-refractivity contribution in [2.45, 2.75) is 37.4 Å². The topological polar surface area (TPSA) is 101 Å². The summed E-state index contributed by atoms with van der Waals surface area (Å²) in [7, 11) is 4.10. The Morgan fingerprint density at radius 3 is 2.35 bits per heavy atom. The molecule has 8 nitrogen and oxygen atoms in total. The van der Waals surface area contributed by atoms with Crippen molar-refractivity contribution in [1.29, 1.82) is 5.26 Å². The lowest BCUT2D eigenvalue weighted by molar-refractivity contribution is -0.192. The van der Waals surface area contributed by atoms with Crippen LogP contribution in [0.2, 0.25) is 0 Å². The number of carbonyl (C=O) groups excluding carboxylic acids is 1. The van der Waals surface area contributed by atoms with Crippen molar-refractivity contribution in [1.82, 2.24) is 14.8 Å². The summed E-state index contributed by atoms with van der Waals surface area (Å²) in [5, 5.41) is 16.0. The molecular weight excluding hydrogens is 415 g/mol. The summed E-state index contributed by atoms with van der Waals surface area (Å²) in [4.78, 5) is 32.2. The first-order valence-electron chi connectivity index (χ1n) is 9.85. The second-order valence-corrected chi connectivity index (χ2v) is 7.88. The van der Waals surface area contributed by atoms with E-state index in [-0.39, 0.29) is 5.54 Å². The van der Waals surface area contributed by atoms with Gasteiger partial charge in [0.1, 0.15) is 11.9 Å². The summed E-state index contributed by atoms with van der Waals surface area (Å²) < 4.78 is 31.7. The average Bonchev–Trinajstić information content (AvgIpc) is 3.02. The lowest BCUT2D eigenvalue weighted by atomic mass is 9.85. The van der Waals surface area contributed by atoms with Gasteiger partial charge in [-0.15, -0.1) is 0 Å². The van der Waals surface area contributed by atoms with Crippen molar-refractivity contribution < 1.29 is 27.9 Å². The molecule has 3 rings (SSSR count). The number of aliphatic carboxylic acids is 1. The molecule has 2 fully saturated rings. The van der Waals surface area contributed by atoms with Crippen LogP contribution in [0.3, 0.4) is 0 Å². The molecular formula is C20H26F3N5O3. The number of carbonyl (C=O) groups is 2. The van der Waals surface area contributed by atoms with Gasteiger partial charge in [0.25, 0.3) is 0 Å². The fraction of sp³-hybridized carbons (Fsp3) is 0.600. The minimum atomic E-state index is -5.08. The van der Waals surface area contributed by atoms with E-state index >= 15 is 0 Å². The van der Waals surface area contributed by atoms with Crippen molar-refractivity contribution >= 4 is 17.7 Å². The molecule has 2 aliphatic rings. The van der Waals surface area contributed by atoms with Gasteiger partial charge < -0.3 is 19.8 Å². The number of piperidine rings is 1. The van der Waals surface area contributed by atoms with Crippen molar-refractivity contribution in [2.75, 3.05) is 45.2 Å². The number of likely N-dealkylation sites (N-methyl/N-ethyl adjacent to an activating group) is 1. The number of aromatic nitrogens is 1. The molecule has 1 N–H and O–H groups in total. The minimum Gasteiger partial charge on any atom is -0.475 e. The van der Waals surface area contributed by atoms with Gasteiger partial charge in [-0.05, 0) is 45.5 Å². The fourth-order valence-corrected chi connectivity index (χ4v) is 3.85. The number of anilines is 1. The second kappa shape index (κ2) is 9.96. The van der Waals surface area contributed by atoms with Crippen molar-refractivity contribution in [3.05, 3.63) is 23.9 Å². The highest BCUT2D eigenvalue weighted by Gasteiger charge is 2.46. The number of rotatable bonds is 4. The zero-order valence-electron chi connectivity index (χ0n) is 17.5. The molecule has 170 valence electrons. The van der Waals surface area contributed by atoms with E-state index in [9.17, 15) is 18.0 Å². The smallest absolute Gasteiger partial charge is 0.475 e. The van der Waals surface area contributed by atoms with Crippen LogP contribution in [-0.4, -0.2) is 83.8 Å². The Morgan fingerprint density at radius 1 is 1.29 bits per heavy atom. The standard InChI is InChI=1S/C18H25N5O.C2HF3O2/c1-21(2)11-12-23-17(24)5-6-18(23)7-9-22(10-8-18)16-4-3-15(13-19)14-20-16;3-2(4,5)1(6)7/h3-4,14H,5-12H2,1-2H3;(H,6,7). The zero-order chi connectivity index (χ0) is 23.2. The number of hydrogen-bond acceptors (Lipinski definition) is 6. The molecule has 1 spiro atoms. The molecule has 11 heteroatoms. The number of carboxylic acids is 1. The molecule has 2 saturated heterocycles. The number of nitriles is 1. The lowest BCUT2D eigenvalue weighted by Crippen LogP contribution is -2.54. The van der Waals surface area contributed by atoms with Crippen LogP contribution in [-0.2, 0) is 9.59 Å². The van der Waals surface area contributed by atoms with E-state index in [4.69, 9.17) is 15.2 Å². The van der Waals surface area contributed by atoms with E-state index in [1.54, 1.807) is 6.20 Å². The van der Waals surface area contributed by atoms with E-state index in [0.29, 0.717) is 17.9 Å². The zero-order valence-corrected chi connectivity index (χ0v) is 17.5. The van der Waals surface area contributed by atoms with E-state index in [2.05, 4.69) is 25.8 Å². The molecule has 0 aromatic carbocycles. The van der Waals surface area contributed by atoms with Gasteiger partial charge in [-0.25, -0.2) is 9.78 Å². The maximum absolute atomic E-state index is 12.3. The highest BCUT2D eigenvalue weighted by Crippen LogP contribution is 2.39. The van der Waals surface area contributed by atoms with Gasteiger partial charge in [-0.1, -0.05) is 0 Å². The maximum atomic E-state index is 12.3. The third-order valence-electron chi connectivity index (χ3n) is 5.59. The Balaban J connectivity index is 0.000000423.